The van der Waals surface area contributed by atoms with Crippen LogP contribution in [-0.2, 0) is 6.54 Å². The third-order valence-corrected chi connectivity index (χ3v) is 4.37. The highest BCUT2D eigenvalue weighted by atomic mass is 16.5. The molecule has 0 aliphatic rings. The molecular formula is C20H20N4O. The Morgan fingerprint density at radius 3 is 2.68 bits per heavy atom. The van der Waals surface area contributed by atoms with Crippen molar-refractivity contribution in [2.75, 3.05) is 19.1 Å². The van der Waals surface area contributed by atoms with Crippen molar-refractivity contribution in [2.24, 2.45) is 0 Å². The van der Waals surface area contributed by atoms with Gasteiger partial charge in [-0.25, -0.2) is 9.50 Å². The van der Waals surface area contributed by atoms with E-state index in [-0.39, 0.29) is 0 Å². The highest BCUT2D eigenvalue weighted by Gasteiger charge is 2.14. The number of para-hydroxylation sites is 2. The van der Waals surface area contributed by atoms with Crippen molar-refractivity contribution in [3.63, 3.8) is 0 Å². The van der Waals surface area contributed by atoms with E-state index in [1.807, 2.05) is 47.8 Å². The van der Waals surface area contributed by atoms with Crippen LogP contribution in [0.4, 0.5) is 5.82 Å². The molecule has 0 amide bonds. The predicted molar refractivity (Wildman–Crippen MR) is 100 cm³/mol. The van der Waals surface area contributed by atoms with E-state index in [1.54, 1.807) is 7.11 Å². The maximum Gasteiger partial charge on any atom is 0.158 e. The number of methoxy groups -OCH3 is 1. The summed E-state index contributed by atoms with van der Waals surface area (Å²) < 4.78 is 7.39. The molecule has 0 N–H and O–H groups in total. The monoisotopic (exact) mass is 332 g/mol. The number of anilines is 1. The minimum Gasteiger partial charge on any atom is -0.496 e. The molecule has 4 rings (SSSR count). The SMILES string of the molecule is COc1ccccc1CN(C)c1nc2cc(C)nn2c2ccccc12. The molecule has 2 aromatic carbocycles. The number of ether oxygens (including phenoxy) is 1. The van der Waals surface area contributed by atoms with Gasteiger partial charge in [0.2, 0.25) is 0 Å². The van der Waals surface area contributed by atoms with Gasteiger partial charge in [0, 0.05) is 30.6 Å². The van der Waals surface area contributed by atoms with E-state index >= 15 is 0 Å². The standard InChI is InChI=1S/C20H20N4O/c1-14-12-19-21-20(16-9-5-6-10-17(16)24(19)22-14)23(2)13-15-8-4-7-11-18(15)25-3/h4-12H,13H2,1-3H3. The van der Waals surface area contributed by atoms with Gasteiger partial charge >= 0.3 is 0 Å². The molecule has 5 nitrogen and oxygen atoms in total. The summed E-state index contributed by atoms with van der Waals surface area (Å²) >= 11 is 0. The lowest BCUT2D eigenvalue weighted by Gasteiger charge is -2.21. The summed E-state index contributed by atoms with van der Waals surface area (Å²) in [5.74, 6) is 1.83. The van der Waals surface area contributed by atoms with Crippen molar-refractivity contribution in [1.82, 2.24) is 14.6 Å². The molecular weight excluding hydrogens is 312 g/mol. The molecule has 126 valence electrons. The Morgan fingerprint density at radius 1 is 1.08 bits per heavy atom. The van der Waals surface area contributed by atoms with Crippen LogP contribution in [0.25, 0.3) is 16.6 Å². The van der Waals surface area contributed by atoms with Crippen molar-refractivity contribution in [3.8, 4) is 5.75 Å². The lowest BCUT2D eigenvalue weighted by molar-refractivity contribution is 0.409. The fraction of sp³-hybridized carbons (Fsp3) is 0.200. The van der Waals surface area contributed by atoms with Crippen LogP contribution >= 0.6 is 0 Å². The van der Waals surface area contributed by atoms with Gasteiger partial charge in [-0.15, -0.1) is 0 Å². The summed E-state index contributed by atoms with van der Waals surface area (Å²) in [6.45, 7) is 2.70. The van der Waals surface area contributed by atoms with E-state index in [4.69, 9.17) is 9.72 Å². The molecule has 0 aliphatic carbocycles. The van der Waals surface area contributed by atoms with Gasteiger partial charge in [0.1, 0.15) is 11.6 Å². The van der Waals surface area contributed by atoms with Gasteiger partial charge in [-0.3, -0.25) is 0 Å². The Balaban J connectivity index is 1.84. The summed E-state index contributed by atoms with van der Waals surface area (Å²) in [7, 11) is 3.76. The van der Waals surface area contributed by atoms with Crippen LogP contribution in [-0.4, -0.2) is 28.8 Å². The van der Waals surface area contributed by atoms with Gasteiger partial charge in [-0.05, 0) is 25.1 Å². The maximum atomic E-state index is 5.48. The zero-order chi connectivity index (χ0) is 17.4. The zero-order valence-electron chi connectivity index (χ0n) is 14.6. The number of rotatable bonds is 4. The fourth-order valence-electron chi connectivity index (χ4n) is 3.21. The zero-order valence-corrected chi connectivity index (χ0v) is 14.6. The molecule has 0 spiro atoms. The molecule has 0 aliphatic heterocycles. The molecule has 0 saturated heterocycles. The number of hydrogen-bond acceptors (Lipinski definition) is 4. The summed E-state index contributed by atoms with van der Waals surface area (Å²) in [6.07, 6.45) is 0. The number of aromatic nitrogens is 3. The van der Waals surface area contributed by atoms with Gasteiger partial charge < -0.3 is 9.64 Å². The second kappa shape index (κ2) is 6.09. The number of fused-ring (bicyclic) bond motifs is 3. The first-order valence-electron chi connectivity index (χ1n) is 8.25. The Bertz CT molecular complexity index is 1050. The van der Waals surface area contributed by atoms with E-state index in [0.29, 0.717) is 6.54 Å². The molecule has 0 radical (unpaired) electrons. The van der Waals surface area contributed by atoms with Crippen molar-refractivity contribution in [2.45, 2.75) is 13.5 Å². The van der Waals surface area contributed by atoms with Crippen LogP contribution in [0.15, 0.2) is 54.6 Å². The fourth-order valence-corrected chi connectivity index (χ4v) is 3.21. The van der Waals surface area contributed by atoms with Crippen LogP contribution in [0.3, 0.4) is 0 Å². The number of benzene rings is 2. The van der Waals surface area contributed by atoms with Crippen molar-refractivity contribution < 1.29 is 4.74 Å². The van der Waals surface area contributed by atoms with E-state index in [9.17, 15) is 0 Å². The molecule has 0 atom stereocenters. The molecule has 0 bridgehead atoms. The molecule has 0 unspecified atom stereocenters. The van der Waals surface area contributed by atoms with Crippen molar-refractivity contribution in [3.05, 3.63) is 65.9 Å². The van der Waals surface area contributed by atoms with Crippen molar-refractivity contribution in [1.29, 1.82) is 0 Å². The molecule has 4 aromatic rings. The molecule has 5 heteroatoms. The highest BCUT2D eigenvalue weighted by Crippen LogP contribution is 2.28. The molecule has 0 saturated carbocycles. The van der Waals surface area contributed by atoms with Crippen LogP contribution < -0.4 is 9.64 Å². The Hall–Kier alpha value is -3.08. The highest BCUT2D eigenvalue weighted by molar-refractivity contribution is 5.91. The minimum atomic E-state index is 0.713. The average molecular weight is 332 g/mol. The number of hydrogen-bond donors (Lipinski definition) is 0. The van der Waals surface area contributed by atoms with E-state index < -0.39 is 0 Å². The largest absolute Gasteiger partial charge is 0.496 e. The normalized spacial score (nSPS) is 11.2. The molecule has 0 fully saturated rings. The summed E-state index contributed by atoms with van der Waals surface area (Å²) in [4.78, 5) is 7.02. The molecule has 2 aromatic heterocycles. The number of nitrogens with zero attached hydrogens (tertiary/aromatic N) is 4. The second-order valence-corrected chi connectivity index (χ2v) is 6.18. The Labute approximate surface area is 146 Å². The smallest absolute Gasteiger partial charge is 0.158 e. The van der Waals surface area contributed by atoms with Crippen LogP contribution in [0.1, 0.15) is 11.3 Å². The lowest BCUT2D eigenvalue weighted by Crippen LogP contribution is -2.19. The first-order valence-corrected chi connectivity index (χ1v) is 8.25. The van der Waals surface area contributed by atoms with Gasteiger partial charge in [0.25, 0.3) is 0 Å². The quantitative estimate of drug-likeness (QED) is 0.569. The second-order valence-electron chi connectivity index (χ2n) is 6.18. The lowest BCUT2D eigenvalue weighted by atomic mass is 10.1. The Morgan fingerprint density at radius 2 is 1.84 bits per heavy atom. The first kappa shape index (κ1) is 15.4. The van der Waals surface area contributed by atoms with Gasteiger partial charge in [-0.1, -0.05) is 30.3 Å². The maximum absolute atomic E-state index is 5.48. The van der Waals surface area contributed by atoms with E-state index in [0.717, 1.165) is 39.4 Å². The van der Waals surface area contributed by atoms with Crippen LogP contribution in [0.2, 0.25) is 0 Å². The molecule has 2 heterocycles. The minimum absolute atomic E-state index is 0.713. The van der Waals surface area contributed by atoms with Crippen LogP contribution in [0, 0.1) is 6.92 Å². The van der Waals surface area contributed by atoms with E-state index in [2.05, 4.69) is 35.2 Å². The third kappa shape index (κ3) is 2.67. The predicted octanol–water partition coefficient (Wildman–Crippen LogP) is 3.84. The van der Waals surface area contributed by atoms with E-state index in [1.165, 1.54) is 0 Å². The molecule has 25 heavy (non-hydrogen) atoms. The third-order valence-electron chi connectivity index (χ3n) is 4.37. The van der Waals surface area contributed by atoms with Crippen molar-refractivity contribution >= 4 is 22.4 Å². The van der Waals surface area contributed by atoms with Crippen LogP contribution in [0.5, 0.6) is 5.75 Å². The van der Waals surface area contributed by atoms with Gasteiger partial charge in [0.05, 0.1) is 18.3 Å². The summed E-state index contributed by atoms with van der Waals surface area (Å²) in [6, 6.07) is 18.3. The Kier molecular flexibility index (Phi) is 3.76. The van der Waals surface area contributed by atoms with Gasteiger partial charge in [0.15, 0.2) is 5.65 Å². The summed E-state index contributed by atoms with van der Waals surface area (Å²) in [5, 5.41) is 5.65. The first-order chi connectivity index (χ1) is 12.2. The summed E-state index contributed by atoms with van der Waals surface area (Å²) in [5.41, 5.74) is 4.01. The average Bonchev–Trinajstić information content (AvgIpc) is 3.02. The van der Waals surface area contributed by atoms with Gasteiger partial charge in [-0.2, -0.15) is 5.10 Å². The number of aryl methyl sites for hydroxylation is 1. The topological polar surface area (TPSA) is 42.7 Å².